The van der Waals surface area contributed by atoms with Crippen molar-refractivity contribution in [3.8, 4) is 5.75 Å². The second-order valence-corrected chi connectivity index (χ2v) is 8.76. The summed E-state index contributed by atoms with van der Waals surface area (Å²) >= 11 is 0. The minimum Gasteiger partial charge on any atom is -0.497 e. The lowest BCUT2D eigenvalue weighted by molar-refractivity contribution is 0.251. The highest BCUT2D eigenvalue weighted by molar-refractivity contribution is 7.92. The zero-order valence-electron chi connectivity index (χ0n) is 16.1. The minimum atomic E-state index is -3.29. The molecule has 0 unspecified atom stereocenters. The molecule has 2 aromatic carbocycles. The molecule has 3 rings (SSSR count). The van der Waals surface area contributed by atoms with Gasteiger partial charge in [0.2, 0.25) is 10.0 Å². The molecule has 8 heteroatoms. The van der Waals surface area contributed by atoms with Crippen molar-refractivity contribution in [3.05, 3.63) is 53.6 Å². The average molecular weight is 404 g/mol. The van der Waals surface area contributed by atoms with Crippen LogP contribution in [-0.4, -0.2) is 33.9 Å². The number of carbonyl (C=O) groups excluding carboxylic acids is 1. The molecule has 0 saturated heterocycles. The Bertz CT molecular complexity index is 942. The van der Waals surface area contributed by atoms with E-state index < -0.39 is 10.0 Å². The fourth-order valence-corrected chi connectivity index (χ4v) is 4.38. The molecule has 0 saturated carbocycles. The summed E-state index contributed by atoms with van der Waals surface area (Å²) in [5.41, 5.74) is 3.23. The van der Waals surface area contributed by atoms with Gasteiger partial charge in [0.25, 0.3) is 0 Å². The summed E-state index contributed by atoms with van der Waals surface area (Å²) in [5, 5.41) is 5.62. The van der Waals surface area contributed by atoms with E-state index in [2.05, 4.69) is 10.6 Å². The molecule has 0 spiro atoms. The van der Waals surface area contributed by atoms with Gasteiger partial charge in [-0.1, -0.05) is 12.1 Å². The number of nitrogens with zero attached hydrogens (tertiary/aromatic N) is 1. The van der Waals surface area contributed by atoms with Gasteiger partial charge < -0.3 is 15.4 Å². The third-order valence-corrected chi connectivity index (χ3v) is 6.51. The zero-order chi connectivity index (χ0) is 20.1. The van der Waals surface area contributed by atoms with Crippen LogP contribution in [0.5, 0.6) is 5.75 Å². The lowest BCUT2D eigenvalue weighted by Gasteiger charge is -2.30. The molecule has 0 radical (unpaired) electrons. The standard InChI is InChI=1S/C20H25N3O4S/c1-3-28(25,26)23-12-4-5-16-13-17(8-11-19(16)23)22-20(24)21-14-15-6-9-18(27-2)10-7-15/h6-11,13H,3-5,12,14H2,1-2H3,(H2,21,22,24). The van der Waals surface area contributed by atoms with Gasteiger partial charge in [-0.05, 0) is 61.2 Å². The molecular formula is C20H25N3O4S. The Kier molecular flexibility index (Phi) is 6.08. The van der Waals surface area contributed by atoms with Gasteiger partial charge >= 0.3 is 6.03 Å². The number of sulfonamides is 1. The van der Waals surface area contributed by atoms with Gasteiger partial charge in [-0.15, -0.1) is 0 Å². The van der Waals surface area contributed by atoms with Gasteiger partial charge in [-0.25, -0.2) is 13.2 Å². The Morgan fingerprint density at radius 2 is 1.93 bits per heavy atom. The number of aryl methyl sites for hydroxylation is 1. The Balaban J connectivity index is 1.64. The summed E-state index contributed by atoms with van der Waals surface area (Å²) in [4.78, 5) is 12.2. The van der Waals surface area contributed by atoms with Gasteiger partial charge in [-0.2, -0.15) is 0 Å². The molecule has 0 aromatic heterocycles. The Labute approximate surface area is 165 Å². The van der Waals surface area contributed by atoms with E-state index in [1.54, 1.807) is 26.2 Å². The number of amides is 2. The van der Waals surface area contributed by atoms with E-state index in [9.17, 15) is 13.2 Å². The van der Waals surface area contributed by atoms with Gasteiger partial charge in [0.15, 0.2) is 0 Å². The van der Waals surface area contributed by atoms with E-state index in [0.717, 1.165) is 29.7 Å². The first-order valence-electron chi connectivity index (χ1n) is 9.24. The molecule has 2 amide bonds. The summed E-state index contributed by atoms with van der Waals surface area (Å²) in [6.07, 6.45) is 1.55. The van der Waals surface area contributed by atoms with E-state index >= 15 is 0 Å². The number of fused-ring (bicyclic) bond motifs is 1. The normalized spacial score (nSPS) is 13.6. The third kappa shape index (κ3) is 4.56. The van der Waals surface area contributed by atoms with Crippen molar-refractivity contribution in [1.29, 1.82) is 0 Å². The van der Waals surface area contributed by atoms with E-state index in [0.29, 0.717) is 24.5 Å². The van der Waals surface area contributed by atoms with Crippen LogP contribution in [0.15, 0.2) is 42.5 Å². The largest absolute Gasteiger partial charge is 0.497 e. The maximum Gasteiger partial charge on any atom is 0.319 e. The fraction of sp³-hybridized carbons (Fsp3) is 0.350. The quantitative estimate of drug-likeness (QED) is 0.776. The van der Waals surface area contributed by atoms with Gasteiger partial charge in [0, 0.05) is 18.8 Å². The SMILES string of the molecule is CCS(=O)(=O)N1CCCc2cc(NC(=O)NCc3ccc(OC)cc3)ccc21. The molecule has 1 heterocycles. The predicted molar refractivity (Wildman–Crippen MR) is 110 cm³/mol. The van der Waals surface area contributed by atoms with Gasteiger partial charge in [0.1, 0.15) is 5.75 Å². The first-order chi connectivity index (χ1) is 13.4. The van der Waals surface area contributed by atoms with Gasteiger partial charge in [-0.3, -0.25) is 4.31 Å². The number of carbonyl (C=O) groups is 1. The Morgan fingerprint density at radius 3 is 2.61 bits per heavy atom. The van der Waals surface area contributed by atoms with Crippen molar-refractivity contribution in [1.82, 2.24) is 5.32 Å². The number of ether oxygens (including phenoxy) is 1. The number of hydrogen-bond donors (Lipinski definition) is 2. The van der Waals surface area contributed by atoms with Crippen LogP contribution < -0.4 is 19.7 Å². The smallest absolute Gasteiger partial charge is 0.319 e. The number of urea groups is 1. The van der Waals surface area contributed by atoms with E-state index in [1.807, 2.05) is 30.3 Å². The monoisotopic (exact) mass is 403 g/mol. The van der Waals surface area contributed by atoms with Crippen LogP contribution >= 0.6 is 0 Å². The molecule has 0 atom stereocenters. The first-order valence-corrected chi connectivity index (χ1v) is 10.8. The molecule has 1 aliphatic rings. The molecule has 0 fully saturated rings. The van der Waals surface area contributed by atoms with Crippen LogP contribution in [0.4, 0.5) is 16.2 Å². The van der Waals surface area contributed by atoms with Crippen molar-refractivity contribution in [2.45, 2.75) is 26.3 Å². The number of methoxy groups -OCH3 is 1. The van der Waals surface area contributed by atoms with Gasteiger partial charge in [0.05, 0.1) is 18.6 Å². The van der Waals surface area contributed by atoms with Crippen LogP contribution in [0.2, 0.25) is 0 Å². The highest BCUT2D eigenvalue weighted by atomic mass is 32.2. The topological polar surface area (TPSA) is 87.7 Å². The fourth-order valence-electron chi connectivity index (χ4n) is 3.19. The second kappa shape index (κ2) is 8.52. The van der Waals surface area contributed by atoms with Crippen molar-refractivity contribution in [2.24, 2.45) is 0 Å². The maximum atomic E-state index is 12.3. The van der Waals surface area contributed by atoms with E-state index in [-0.39, 0.29) is 11.8 Å². The van der Waals surface area contributed by atoms with Crippen molar-refractivity contribution in [3.63, 3.8) is 0 Å². The first kappa shape index (κ1) is 20.0. The minimum absolute atomic E-state index is 0.0697. The number of benzene rings is 2. The maximum absolute atomic E-state index is 12.3. The zero-order valence-corrected chi connectivity index (χ0v) is 16.9. The lowest BCUT2D eigenvalue weighted by Crippen LogP contribution is -2.36. The molecule has 0 bridgehead atoms. The lowest BCUT2D eigenvalue weighted by atomic mass is 10.0. The van der Waals surface area contributed by atoms with Crippen molar-refractivity contribution >= 4 is 27.4 Å². The summed E-state index contributed by atoms with van der Waals surface area (Å²) in [6.45, 7) is 2.54. The molecular weight excluding hydrogens is 378 g/mol. The average Bonchev–Trinajstić information content (AvgIpc) is 2.72. The van der Waals surface area contributed by atoms with Crippen LogP contribution in [0.1, 0.15) is 24.5 Å². The molecule has 2 N–H and O–H groups in total. The van der Waals surface area contributed by atoms with Crippen LogP contribution in [0.3, 0.4) is 0 Å². The van der Waals surface area contributed by atoms with Crippen LogP contribution in [0, 0.1) is 0 Å². The molecule has 1 aliphatic heterocycles. The number of rotatable bonds is 6. The highest BCUT2D eigenvalue weighted by Gasteiger charge is 2.26. The Morgan fingerprint density at radius 1 is 1.18 bits per heavy atom. The molecule has 7 nitrogen and oxygen atoms in total. The number of hydrogen-bond acceptors (Lipinski definition) is 4. The van der Waals surface area contributed by atoms with Crippen LogP contribution in [-0.2, 0) is 23.0 Å². The summed E-state index contributed by atoms with van der Waals surface area (Å²) in [7, 11) is -1.68. The second-order valence-electron chi connectivity index (χ2n) is 6.58. The summed E-state index contributed by atoms with van der Waals surface area (Å²) in [5.74, 6) is 0.835. The van der Waals surface area contributed by atoms with Crippen LogP contribution in [0.25, 0.3) is 0 Å². The summed E-state index contributed by atoms with van der Waals surface area (Å²) in [6, 6.07) is 12.5. The molecule has 2 aromatic rings. The highest BCUT2D eigenvalue weighted by Crippen LogP contribution is 2.31. The van der Waals surface area contributed by atoms with Crippen molar-refractivity contribution in [2.75, 3.05) is 29.0 Å². The Hall–Kier alpha value is -2.74. The number of anilines is 2. The molecule has 150 valence electrons. The van der Waals surface area contributed by atoms with E-state index in [4.69, 9.17) is 4.74 Å². The molecule has 0 aliphatic carbocycles. The number of nitrogens with one attached hydrogen (secondary N) is 2. The predicted octanol–water partition coefficient (Wildman–Crippen LogP) is 3.12. The third-order valence-electron chi connectivity index (χ3n) is 4.73. The van der Waals surface area contributed by atoms with Crippen molar-refractivity contribution < 1.29 is 17.9 Å². The van der Waals surface area contributed by atoms with E-state index in [1.165, 1.54) is 4.31 Å². The molecule has 28 heavy (non-hydrogen) atoms. The summed E-state index contributed by atoms with van der Waals surface area (Å²) < 4.78 is 31.1.